The molecule has 0 aliphatic carbocycles. The van der Waals surface area contributed by atoms with Gasteiger partial charge in [-0.15, -0.1) is 0 Å². The molecule has 0 saturated carbocycles. The Balaban J connectivity index is 4.10. The molecular weight excluding hydrogens is 304 g/mol. The van der Waals surface area contributed by atoms with E-state index in [2.05, 4.69) is 12.2 Å². The van der Waals surface area contributed by atoms with Gasteiger partial charge in [0.1, 0.15) is 0 Å². The highest BCUT2D eigenvalue weighted by Crippen LogP contribution is 2.08. The van der Waals surface area contributed by atoms with Gasteiger partial charge in [0, 0.05) is 25.6 Å². The molecule has 22 heavy (non-hydrogen) atoms. The maximum Gasteiger partial charge on any atom is 0.305 e. The Morgan fingerprint density at radius 1 is 1.23 bits per heavy atom. The van der Waals surface area contributed by atoms with Crippen molar-refractivity contribution in [3.63, 3.8) is 0 Å². The number of esters is 1. The number of rotatable bonds is 13. The monoisotopic (exact) mass is 334 g/mol. The lowest BCUT2D eigenvalue weighted by molar-refractivity contribution is -0.143. The number of ether oxygens (including phenoxy) is 2. The molecule has 3 N–H and O–H groups in total. The van der Waals surface area contributed by atoms with Crippen LogP contribution in [0, 0.1) is 0 Å². The van der Waals surface area contributed by atoms with Crippen LogP contribution in [0.2, 0.25) is 0 Å². The van der Waals surface area contributed by atoms with Crippen LogP contribution in [0.3, 0.4) is 0 Å². The summed E-state index contributed by atoms with van der Waals surface area (Å²) in [7, 11) is 0. The van der Waals surface area contributed by atoms with Crippen LogP contribution < -0.4 is 11.1 Å². The SMILES string of the molecule is CCOC(=O)CCCNC(=O)C(OCC)[C@H](N)CCSCC. The van der Waals surface area contributed by atoms with Gasteiger partial charge < -0.3 is 20.5 Å². The van der Waals surface area contributed by atoms with E-state index in [1.54, 1.807) is 18.7 Å². The zero-order chi connectivity index (χ0) is 16.8. The molecule has 0 aliphatic rings. The highest BCUT2D eigenvalue weighted by Gasteiger charge is 2.25. The first-order chi connectivity index (χ1) is 10.6. The van der Waals surface area contributed by atoms with E-state index in [1.165, 1.54) is 0 Å². The van der Waals surface area contributed by atoms with Crippen LogP contribution in [0.15, 0.2) is 0 Å². The molecule has 0 aromatic heterocycles. The molecule has 0 heterocycles. The van der Waals surface area contributed by atoms with Crippen molar-refractivity contribution in [2.75, 3.05) is 31.3 Å². The van der Waals surface area contributed by atoms with Gasteiger partial charge in [-0.3, -0.25) is 9.59 Å². The van der Waals surface area contributed by atoms with E-state index < -0.39 is 6.10 Å². The fraction of sp³-hybridized carbons (Fsp3) is 0.867. The van der Waals surface area contributed by atoms with E-state index >= 15 is 0 Å². The number of hydrogen-bond acceptors (Lipinski definition) is 6. The number of carbonyl (C=O) groups excluding carboxylic acids is 2. The zero-order valence-electron chi connectivity index (χ0n) is 13.9. The topological polar surface area (TPSA) is 90.6 Å². The fourth-order valence-corrected chi connectivity index (χ4v) is 2.59. The lowest BCUT2D eigenvalue weighted by atomic mass is 10.1. The number of nitrogens with two attached hydrogens (primary N) is 1. The summed E-state index contributed by atoms with van der Waals surface area (Å²) < 4.78 is 10.3. The van der Waals surface area contributed by atoms with Crippen LogP contribution in [-0.4, -0.2) is 55.3 Å². The van der Waals surface area contributed by atoms with Crippen LogP contribution >= 0.6 is 11.8 Å². The smallest absolute Gasteiger partial charge is 0.305 e. The van der Waals surface area contributed by atoms with Gasteiger partial charge in [-0.1, -0.05) is 6.92 Å². The van der Waals surface area contributed by atoms with Crippen LogP contribution in [0.25, 0.3) is 0 Å². The number of thioether (sulfide) groups is 1. The molecule has 130 valence electrons. The molecule has 0 saturated heterocycles. The van der Waals surface area contributed by atoms with Crippen LogP contribution in [0.5, 0.6) is 0 Å². The lowest BCUT2D eigenvalue weighted by Gasteiger charge is -2.23. The van der Waals surface area contributed by atoms with Gasteiger partial charge in [0.15, 0.2) is 6.10 Å². The van der Waals surface area contributed by atoms with Crippen LogP contribution in [0.1, 0.15) is 40.0 Å². The molecule has 0 rings (SSSR count). The lowest BCUT2D eigenvalue weighted by Crippen LogP contribution is -2.48. The second kappa shape index (κ2) is 13.8. The molecule has 0 spiro atoms. The predicted octanol–water partition coefficient (Wildman–Crippen LogP) is 1.32. The minimum absolute atomic E-state index is 0.209. The van der Waals surface area contributed by atoms with E-state index in [0.29, 0.717) is 32.6 Å². The molecule has 0 bridgehead atoms. The number of nitrogens with one attached hydrogen (secondary N) is 1. The molecule has 1 amide bonds. The molecule has 0 radical (unpaired) electrons. The Morgan fingerprint density at radius 2 is 1.95 bits per heavy atom. The minimum atomic E-state index is -0.634. The maximum absolute atomic E-state index is 12.1. The molecule has 2 atom stereocenters. The van der Waals surface area contributed by atoms with Crippen molar-refractivity contribution in [3.8, 4) is 0 Å². The van der Waals surface area contributed by atoms with Gasteiger partial charge in [0.25, 0.3) is 5.91 Å². The largest absolute Gasteiger partial charge is 0.466 e. The van der Waals surface area contributed by atoms with Gasteiger partial charge in [-0.25, -0.2) is 0 Å². The Hall–Kier alpha value is -0.790. The first-order valence-corrected chi connectivity index (χ1v) is 9.10. The van der Waals surface area contributed by atoms with Crippen LogP contribution in [-0.2, 0) is 19.1 Å². The molecule has 7 heteroatoms. The Kier molecular flexibility index (Phi) is 13.3. The van der Waals surface area contributed by atoms with Crippen LogP contribution in [0.4, 0.5) is 0 Å². The summed E-state index contributed by atoms with van der Waals surface area (Å²) in [5.74, 6) is 1.50. The van der Waals surface area contributed by atoms with Crippen molar-refractivity contribution in [1.29, 1.82) is 0 Å². The summed E-state index contributed by atoms with van der Waals surface area (Å²) in [5.41, 5.74) is 6.06. The summed E-state index contributed by atoms with van der Waals surface area (Å²) in [6.07, 6.45) is 0.946. The van der Waals surface area contributed by atoms with Gasteiger partial charge in [-0.05, 0) is 38.2 Å². The standard InChI is InChI=1S/C15H30N2O4S/c1-4-20-13(18)8-7-10-17-15(19)14(21-5-2)12(16)9-11-22-6-3/h12,14H,4-11,16H2,1-3H3,(H,17,19)/t12-,14?/m1/s1. The fourth-order valence-electron chi connectivity index (χ4n) is 1.87. The van der Waals surface area contributed by atoms with E-state index in [9.17, 15) is 9.59 Å². The first-order valence-electron chi connectivity index (χ1n) is 7.94. The molecular formula is C15H30N2O4S. The van der Waals surface area contributed by atoms with Gasteiger partial charge in [0.05, 0.1) is 6.61 Å². The molecule has 0 aliphatic heterocycles. The van der Waals surface area contributed by atoms with E-state index in [0.717, 1.165) is 17.9 Å². The summed E-state index contributed by atoms with van der Waals surface area (Å²) in [5, 5.41) is 2.78. The van der Waals surface area contributed by atoms with Gasteiger partial charge in [0.2, 0.25) is 0 Å². The number of hydrogen-bond donors (Lipinski definition) is 2. The summed E-state index contributed by atoms with van der Waals surface area (Å²) in [6.45, 7) is 6.93. The summed E-state index contributed by atoms with van der Waals surface area (Å²) in [4.78, 5) is 23.3. The van der Waals surface area contributed by atoms with Gasteiger partial charge in [-0.2, -0.15) is 11.8 Å². The van der Waals surface area contributed by atoms with E-state index in [-0.39, 0.29) is 17.9 Å². The summed E-state index contributed by atoms with van der Waals surface area (Å²) in [6, 6.07) is -0.316. The number of amides is 1. The third-order valence-corrected chi connectivity index (χ3v) is 3.89. The van der Waals surface area contributed by atoms with Crippen molar-refractivity contribution in [2.24, 2.45) is 5.73 Å². The molecule has 0 fully saturated rings. The molecule has 0 aromatic rings. The Morgan fingerprint density at radius 3 is 2.55 bits per heavy atom. The third-order valence-electron chi connectivity index (χ3n) is 2.96. The first kappa shape index (κ1) is 21.2. The Bertz CT molecular complexity index is 316. The van der Waals surface area contributed by atoms with Crippen molar-refractivity contribution in [1.82, 2.24) is 5.32 Å². The van der Waals surface area contributed by atoms with E-state index in [1.807, 2.05) is 6.92 Å². The Labute approximate surface area is 137 Å². The van der Waals surface area contributed by atoms with Crippen molar-refractivity contribution >= 4 is 23.6 Å². The normalized spacial score (nSPS) is 13.5. The van der Waals surface area contributed by atoms with Gasteiger partial charge >= 0.3 is 5.97 Å². The third kappa shape index (κ3) is 10.0. The van der Waals surface area contributed by atoms with Crippen molar-refractivity contribution in [3.05, 3.63) is 0 Å². The highest BCUT2D eigenvalue weighted by atomic mass is 32.2. The minimum Gasteiger partial charge on any atom is -0.466 e. The van der Waals surface area contributed by atoms with Crippen molar-refractivity contribution < 1.29 is 19.1 Å². The second-order valence-corrected chi connectivity index (χ2v) is 6.12. The molecule has 0 aromatic carbocycles. The quantitative estimate of drug-likeness (QED) is 0.390. The second-order valence-electron chi connectivity index (χ2n) is 4.72. The maximum atomic E-state index is 12.1. The average molecular weight is 334 g/mol. The predicted molar refractivity (Wildman–Crippen MR) is 89.9 cm³/mol. The highest BCUT2D eigenvalue weighted by molar-refractivity contribution is 7.99. The average Bonchev–Trinajstić information content (AvgIpc) is 2.49. The number of carbonyl (C=O) groups is 2. The molecule has 6 nitrogen and oxygen atoms in total. The summed E-state index contributed by atoms with van der Waals surface area (Å²) >= 11 is 1.79. The van der Waals surface area contributed by atoms with E-state index in [4.69, 9.17) is 15.2 Å². The molecule has 1 unspecified atom stereocenters. The van der Waals surface area contributed by atoms with Crippen molar-refractivity contribution in [2.45, 2.75) is 52.2 Å². The zero-order valence-corrected chi connectivity index (χ0v) is 14.7.